The van der Waals surface area contributed by atoms with Crippen LogP contribution in [0, 0.1) is 23.4 Å². The van der Waals surface area contributed by atoms with Gasteiger partial charge in [0, 0.05) is 53.0 Å². The summed E-state index contributed by atoms with van der Waals surface area (Å²) >= 11 is 1.05. The van der Waals surface area contributed by atoms with E-state index < -0.39 is 34.9 Å². The minimum Gasteiger partial charge on any atom is -0.478 e. The van der Waals surface area contributed by atoms with Crippen molar-refractivity contribution in [1.82, 2.24) is 4.98 Å². The Kier molecular flexibility index (Phi) is 12.1. The Hall–Kier alpha value is -3.54. The maximum Gasteiger partial charge on any atom is 0.331 e. The summed E-state index contributed by atoms with van der Waals surface area (Å²) in [6.07, 6.45) is 7.43. The molecule has 0 saturated heterocycles. The highest BCUT2D eigenvalue weighted by Gasteiger charge is 2.29. The Morgan fingerprint density at radius 1 is 1.11 bits per heavy atom. The molecule has 1 aromatic heterocycles. The Labute approximate surface area is 259 Å². The van der Waals surface area contributed by atoms with E-state index in [4.69, 9.17) is 14.6 Å². The van der Waals surface area contributed by atoms with E-state index in [1.807, 2.05) is 6.92 Å². The van der Waals surface area contributed by atoms with Crippen molar-refractivity contribution < 1.29 is 37.3 Å². The molecule has 1 aliphatic rings. The molecule has 1 atom stereocenters. The molecule has 1 unspecified atom stereocenters. The number of nitrogens with zero attached hydrogens (tertiary/aromatic N) is 1. The summed E-state index contributed by atoms with van der Waals surface area (Å²) in [7, 11) is 0. The Morgan fingerprint density at radius 2 is 1.82 bits per heavy atom. The number of benzene rings is 2. The number of carbonyl (C=O) groups is 2. The minimum atomic E-state index is -1.32. The van der Waals surface area contributed by atoms with Crippen LogP contribution in [-0.4, -0.2) is 41.8 Å². The van der Waals surface area contributed by atoms with Crippen LogP contribution >= 0.6 is 11.3 Å². The predicted octanol–water partition coefficient (Wildman–Crippen LogP) is 8.42. The Bertz CT molecular complexity index is 1460. The van der Waals surface area contributed by atoms with Crippen LogP contribution in [0.5, 0.6) is 0 Å². The van der Waals surface area contributed by atoms with Crippen molar-refractivity contribution in [1.29, 1.82) is 0 Å². The molecule has 236 valence electrons. The number of hydrogen-bond acceptors (Lipinski definition) is 6. The summed E-state index contributed by atoms with van der Waals surface area (Å²) in [6.45, 7) is 5.00. The van der Waals surface area contributed by atoms with E-state index in [0.29, 0.717) is 31.1 Å². The molecule has 0 radical (unpaired) electrons. The lowest BCUT2D eigenvalue weighted by Crippen LogP contribution is -2.21. The molecule has 1 saturated carbocycles. The Morgan fingerprint density at radius 3 is 2.50 bits per heavy atom. The first kappa shape index (κ1) is 33.4. The molecular formula is C33H37F3N2O5S. The van der Waals surface area contributed by atoms with Gasteiger partial charge in [0.2, 0.25) is 0 Å². The molecule has 7 nitrogen and oxygen atoms in total. The predicted molar refractivity (Wildman–Crippen MR) is 164 cm³/mol. The molecule has 0 bridgehead atoms. The van der Waals surface area contributed by atoms with E-state index in [0.717, 1.165) is 74.5 Å². The number of thiazole rings is 1. The highest BCUT2D eigenvalue weighted by Crippen LogP contribution is 2.40. The van der Waals surface area contributed by atoms with Crippen molar-refractivity contribution in [3.63, 3.8) is 0 Å². The molecule has 1 amide bonds. The topological polar surface area (TPSA) is 97.8 Å². The zero-order valence-corrected chi connectivity index (χ0v) is 25.7. The quantitative estimate of drug-likeness (QED) is 0.137. The third-order valence-corrected chi connectivity index (χ3v) is 8.40. The van der Waals surface area contributed by atoms with Crippen LogP contribution in [0.25, 0.3) is 17.3 Å². The zero-order chi connectivity index (χ0) is 31.6. The second-order valence-electron chi connectivity index (χ2n) is 10.8. The van der Waals surface area contributed by atoms with E-state index in [1.54, 1.807) is 23.6 Å². The fourth-order valence-corrected chi connectivity index (χ4v) is 6.01. The lowest BCUT2D eigenvalue weighted by molar-refractivity contribution is -0.132. The fraction of sp³-hybridized carbons (Fsp3) is 0.424. The van der Waals surface area contributed by atoms with E-state index in [1.165, 1.54) is 6.92 Å². The number of amides is 1. The molecule has 11 heteroatoms. The SMILES string of the molecule is CCOCCCCOC(c1cccc(-c2csc(NC(=O)c3cc(F)c(C=C(C)C(=O)O)c(F)c3)n2)c1F)C1CCCCC1. The smallest absolute Gasteiger partial charge is 0.331 e. The second kappa shape index (κ2) is 16.0. The Balaban J connectivity index is 1.51. The molecule has 0 spiro atoms. The molecule has 3 aromatic rings. The van der Waals surface area contributed by atoms with Crippen LogP contribution < -0.4 is 5.32 Å². The van der Waals surface area contributed by atoms with Gasteiger partial charge >= 0.3 is 5.97 Å². The van der Waals surface area contributed by atoms with Crippen LogP contribution in [0.3, 0.4) is 0 Å². The highest BCUT2D eigenvalue weighted by atomic mass is 32.1. The number of nitrogens with one attached hydrogen (secondary N) is 1. The minimum absolute atomic E-state index is 0.121. The van der Waals surface area contributed by atoms with Gasteiger partial charge in [0.25, 0.3) is 5.91 Å². The highest BCUT2D eigenvalue weighted by molar-refractivity contribution is 7.14. The maximum absolute atomic E-state index is 16.1. The van der Waals surface area contributed by atoms with Crippen molar-refractivity contribution in [2.45, 2.75) is 64.9 Å². The fourth-order valence-electron chi connectivity index (χ4n) is 5.30. The molecule has 2 aromatic carbocycles. The molecule has 2 N–H and O–H groups in total. The van der Waals surface area contributed by atoms with Crippen LogP contribution in [0.2, 0.25) is 0 Å². The number of ether oxygens (including phenoxy) is 2. The summed E-state index contributed by atoms with van der Waals surface area (Å²) in [5, 5.41) is 13.2. The summed E-state index contributed by atoms with van der Waals surface area (Å²) < 4.78 is 56.9. The van der Waals surface area contributed by atoms with Crippen LogP contribution in [0.4, 0.5) is 18.3 Å². The molecule has 0 aliphatic heterocycles. The van der Waals surface area contributed by atoms with Gasteiger partial charge in [0.1, 0.15) is 17.5 Å². The lowest BCUT2D eigenvalue weighted by Gasteiger charge is -2.31. The zero-order valence-electron chi connectivity index (χ0n) is 24.8. The molecular weight excluding hydrogens is 593 g/mol. The van der Waals surface area contributed by atoms with Gasteiger partial charge < -0.3 is 14.6 Å². The number of carbonyl (C=O) groups excluding carboxylic acids is 1. The van der Waals surface area contributed by atoms with Gasteiger partial charge in [-0.25, -0.2) is 22.9 Å². The number of aliphatic carboxylic acids is 1. The summed E-state index contributed by atoms with van der Waals surface area (Å²) in [4.78, 5) is 28.2. The van der Waals surface area contributed by atoms with Crippen molar-refractivity contribution in [3.8, 4) is 11.3 Å². The van der Waals surface area contributed by atoms with Crippen LogP contribution in [0.1, 0.15) is 86.4 Å². The summed E-state index contributed by atoms with van der Waals surface area (Å²) in [6, 6.07) is 6.79. The number of carboxylic acids is 1. The first-order chi connectivity index (χ1) is 21.2. The first-order valence-electron chi connectivity index (χ1n) is 14.8. The summed E-state index contributed by atoms with van der Waals surface area (Å²) in [5.74, 6) is -4.53. The third-order valence-electron chi connectivity index (χ3n) is 7.64. The van der Waals surface area contributed by atoms with Gasteiger partial charge in [-0.15, -0.1) is 11.3 Å². The van der Waals surface area contributed by atoms with Crippen molar-refractivity contribution in [2.75, 3.05) is 25.1 Å². The number of aromatic nitrogens is 1. The lowest BCUT2D eigenvalue weighted by atomic mass is 9.82. The van der Waals surface area contributed by atoms with Crippen molar-refractivity contribution in [2.24, 2.45) is 5.92 Å². The number of anilines is 1. The standard InChI is InChI=1S/C33H37F3N2O5S/c1-3-42-14-7-8-15-43-30(21-10-5-4-6-11-21)24-13-9-12-23(29(24)36)28-19-44-33(37-28)38-31(39)22-17-26(34)25(27(35)18-22)16-20(2)32(40)41/h9,12-13,16-19,21,30H,3-8,10-11,14-15H2,1-2H3,(H,40,41)(H,37,38,39). The van der Waals surface area contributed by atoms with E-state index in [9.17, 15) is 18.4 Å². The summed E-state index contributed by atoms with van der Waals surface area (Å²) in [5.41, 5.74) is -0.0808. The number of unbranched alkanes of at least 4 members (excludes halogenated alkanes) is 1. The maximum atomic E-state index is 16.1. The number of hydrogen-bond donors (Lipinski definition) is 2. The van der Waals surface area contributed by atoms with E-state index in [2.05, 4.69) is 10.3 Å². The number of carboxylic acid groups (broad SMARTS) is 1. The van der Waals surface area contributed by atoms with Gasteiger partial charge in [-0.2, -0.15) is 0 Å². The molecule has 1 heterocycles. The van der Waals surface area contributed by atoms with Crippen LogP contribution in [0.15, 0.2) is 41.3 Å². The molecule has 44 heavy (non-hydrogen) atoms. The average Bonchev–Trinajstić information content (AvgIpc) is 3.47. The van der Waals surface area contributed by atoms with Gasteiger partial charge in [0.15, 0.2) is 5.13 Å². The molecule has 4 rings (SSSR count). The van der Waals surface area contributed by atoms with Gasteiger partial charge in [0.05, 0.1) is 11.8 Å². The first-order valence-corrected chi connectivity index (χ1v) is 15.7. The normalized spacial score (nSPS) is 14.9. The van der Waals surface area contributed by atoms with Gasteiger partial charge in [-0.3, -0.25) is 10.1 Å². The van der Waals surface area contributed by atoms with Gasteiger partial charge in [-0.05, 0) is 69.7 Å². The monoisotopic (exact) mass is 630 g/mol. The molecule has 1 fully saturated rings. The van der Waals surface area contributed by atoms with E-state index >= 15 is 4.39 Å². The van der Waals surface area contributed by atoms with Crippen LogP contribution in [-0.2, 0) is 14.3 Å². The third kappa shape index (κ3) is 8.55. The number of rotatable bonds is 14. The largest absolute Gasteiger partial charge is 0.478 e. The average molecular weight is 631 g/mol. The second-order valence-corrected chi connectivity index (χ2v) is 11.6. The van der Waals surface area contributed by atoms with E-state index in [-0.39, 0.29) is 33.9 Å². The van der Waals surface area contributed by atoms with Gasteiger partial charge in [-0.1, -0.05) is 31.4 Å². The van der Waals surface area contributed by atoms with Crippen molar-refractivity contribution >= 4 is 34.4 Å². The number of halogens is 3. The van der Waals surface area contributed by atoms with Crippen molar-refractivity contribution in [3.05, 3.63) is 75.4 Å². The molecule has 1 aliphatic carbocycles.